The van der Waals surface area contributed by atoms with Gasteiger partial charge in [0.2, 0.25) is 0 Å². The van der Waals surface area contributed by atoms with E-state index in [1.54, 1.807) is 0 Å². The van der Waals surface area contributed by atoms with Crippen LogP contribution in [0.5, 0.6) is 0 Å². The summed E-state index contributed by atoms with van der Waals surface area (Å²) in [5, 5.41) is 9.96. The molecule has 1 heteroatoms. The number of aliphatic hydroxyl groups excluding tert-OH is 1. The molecule has 1 N–H and O–H groups in total. The summed E-state index contributed by atoms with van der Waals surface area (Å²) in [4.78, 5) is 0. The summed E-state index contributed by atoms with van der Waals surface area (Å²) >= 11 is 0. The van der Waals surface area contributed by atoms with Crippen LogP contribution in [-0.2, 0) is 0 Å². The van der Waals surface area contributed by atoms with Gasteiger partial charge in [0, 0.05) is 0 Å². The lowest BCUT2D eigenvalue weighted by molar-refractivity contribution is 0.0863. The highest BCUT2D eigenvalue weighted by atomic mass is 16.3. The van der Waals surface area contributed by atoms with Gasteiger partial charge in [-0.15, -0.1) is 6.58 Å². The molecule has 0 rings (SSSR count). The zero-order chi connectivity index (χ0) is 10.8. The quantitative estimate of drug-likeness (QED) is 0.440. The van der Waals surface area contributed by atoms with Crippen molar-refractivity contribution < 1.29 is 5.11 Å². The van der Waals surface area contributed by atoms with Gasteiger partial charge in [-0.2, -0.15) is 0 Å². The van der Waals surface area contributed by atoms with Crippen LogP contribution in [0.25, 0.3) is 0 Å². The van der Waals surface area contributed by atoms with Crippen LogP contribution in [0.3, 0.4) is 0 Å². The number of hydrogen-bond donors (Lipinski definition) is 1. The predicted molar refractivity (Wildman–Crippen MR) is 63.4 cm³/mol. The van der Waals surface area contributed by atoms with Gasteiger partial charge in [-0.3, -0.25) is 0 Å². The molecule has 0 radical (unpaired) electrons. The van der Waals surface area contributed by atoms with Crippen LogP contribution in [0.1, 0.15) is 58.8 Å². The van der Waals surface area contributed by atoms with Gasteiger partial charge in [-0.1, -0.05) is 32.8 Å². The second-order valence-corrected chi connectivity index (χ2v) is 4.12. The third-order valence-electron chi connectivity index (χ3n) is 2.77. The molecule has 0 amide bonds. The highest BCUT2D eigenvalue weighted by molar-refractivity contribution is 4.72. The second kappa shape index (κ2) is 9.26. The topological polar surface area (TPSA) is 20.2 Å². The van der Waals surface area contributed by atoms with Crippen LogP contribution in [-0.4, -0.2) is 11.2 Å². The number of unbranched alkanes of at least 4 members (excludes halogenated alkanes) is 1. The smallest absolute Gasteiger partial charge is 0.0568 e. The van der Waals surface area contributed by atoms with Crippen LogP contribution in [0.2, 0.25) is 0 Å². The van der Waals surface area contributed by atoms with E-state index in [1.807, 2.05) is 6.08 Å². The van der Waals surface area contributed by atoms with Crippen LogP contribution in [0, 0.1) is 5.92 Å². The molecule has 0 aliphatic carbocycles. The first-order chi connectivity index (χ1) is 6.76. The molecule has 0 aliphatic heterocycles. The number of rotatable bonds is 9. The normalized spacial score (nSPS) is 13.1. The van der Waals surface area contributed by atoms with E-state index in [0.717, 1.165) is 19.3 Å². The Balaban J connectivity index is 3.74. The summed E-state index contributed by atoms with van der Waals surface area (Å²) in [6, 6.07) is 0. The van der Waals surface area contributed by atoms with Crippen LogP contribution < -0.4 is 0 Å². The Morgan fingerprint density at radius 1 is 1.14 bits per heavy atom. The van der Waals surface area contributed by atoms with Gasteiger partial charge < -0.3 is 5.11 Å². The fraction of sp³-hybridized carbons (Fsp3) is 0.846. The van der Waals surface area contributed by atoms with Gasteiger partial charge in [0.25, 0.3) is 0 Å². The van der Waals surface area contributed by atoms with Crippen molar-refractivity contribution in [1.29, 1.82) is 0 Å². The van der Waals surface area contributed by atoms with Crippen molar-refractivity contribution in [3.63, 3.8) is 0 Å². The van der Waals surface area contributed by atoms with Crippen molar-refractivity contribution in [1.82, 2.24) is 0 Å². The molecular formula is C13H26O. The molecule has 0 saturated carbocycles. The highest BCUT2D eigenvalue weighted by Gasteiger charge is 2.16. The first-order valence-electron chi connectivity index (χ1n) is 6.05. The van der Waals surface area contributed by atoms with Gasteiger partial charge in [0.1, 0.15) is 0 Å². The van der Waals surface area contributed by atoms with Crippen molar-refractivity contribution in [3.05, 3.63) is 12.7 Å². The molecule has 0 aromatic carbocycles. The maximum absolute atomic E-state index is 9.96. The molecule has 0 saturated heterocycles. The van der Waals surface area contributed by atoms with E-state index in [0.29, 0.717) is 5.92 Å². The Morgan fingerprint density at radius 3 is 2.14 bits per heavy atom. The standard InChI is InChI=1S/C13H26O/c1-4-7-8-11-13(14)12(9-5-2)10-6-3/h4,12-14H,1,5-11H2,2-3H3. The summed E-state index contributed by atoms with van der Waals surface area (Å²) in [6.07, 6.45) is 9.60. The Kier molecular flexibility index (Phi) is 9.06. The molecule has 84 valence electrons. The van der Waals surface area contributed by atoms with Crippen molar-refractivity contribution in [2.24, 2.45) is 5.92 Å². The minimum atomic E-state index is -0.0881. The van der Waals surface area contributed by atoms with Gasteiger partial charge in [0.15, 0.2) is 0 Å². The summed E-state index contributed by atoms with van der Waals surface area (Å²) in [7, 11) is 0. The fourth-order valence-corrected chi connectivity index (χ4v) is 1.98. The van der Waals surface area contributed by atoms with E-state index in [2.05, 4.69) is 20.4 Å². The molecule has 0 heterocycles. The number of allylic oxidation sites excluding steroid dienone is 1. The largest absolute Gasteiger partial charge is 0.393 e. The lowest BCUT2D eigenvalue weighted by atomic mass is 9.89. The molecule has 14 heavy (non-hydrogen) atoms. The van der Waals surface area contributed by atoms with Gasteiger partial charge in [-0.05, 0) is 38.0 Å². The van der Waals surface area contributed by atoms with Crippen molar-refractivity contribution in [2.45, 2.75) is 64.9 Å². The Labute approximate surface area is 89.2 Å². The first kappa shape index (κ1) is 13.7. The van der Waals surface area contributed by atoms with Crippen LogP contribution in [0.15, 0.2) is 12.7 Å². The minimum Gasteiger partial charge on any atom is -0.393 e. The van der Waals surface area contributed by atoms with E-state index >= 15 is 0 Å². The fourth-order valence-electron chi connectivity index (χ4n) is 1.98. The third-order valence-corrected chi connectivity index (χ3v) is 2.77. The molecular weight excluding hydrogens is 172 g/mol. The van der Waals surface area contributed by atoms with Gasteiger partial charge in [-0.25, -0.2) is 0 Å². The van der Waals surface area contributed by atoms with E-state index in [1.165, 1.54) is 25.7 Å². The van der Waals surface area contributed by atoms with E-state index in [4.69, 9.17) is 0 Å². The van der Waals surface area contributed by atoms with Gasteiger partial charge in [0.05, 0.1) is 6.10 Å². The Hall–Kier alpha value is -0.300. The average molecular weight is 198 g/mol. The maximum atomic E-state index is 9.96. The molecule has 0 aromatic heterocycles. The van der Waals surface area contributed by atoms with Crippen LogP contribution in [0.4, 0.5) is 0 Å². The molecule has 1 unspecified atom stereocenters. The summed E-state index contributed by atoms with van der Waals surface area (Å²) < 4.78 is 0. The number of aliphatic hydroxyl groups is 1. The van der Waals surface area contributed by atoms with E-state index in [9.17, 15) is 5.11 Å². The highest BCUT2D eigenvalue weighted by Crippen LogP contribution is 2.21. The Bertz CT molecular complexity index is 125. The monoisotopic (exact) mass is 198 g/mol. The molecule has 0 fully saturated rings. The van der Waals surface area contributed by atoms with Crippen molar-refractivity contribution >= 4 is 0 Å². The zero-order valence-electron chi connectivity index (χ0n) is 9.84. The molecule has 0 bridgehead atoms. The minimum absolute atomic E-state index is 0.0881. The van der Waals surface area contributed by atoms with Crippen molar-refractivity contribution in [3.8, 4) is 0 Å². The SMILES string of the molecule is C=CCCCC(O)C(CCC)CCC. The third kappa shape index (κ3) is 6.20. The number of hydrogen-bond acceptors (Lipinski definition) is 1. The molecule has 0 aliphatic rings. The van der Waals surface area contributed by atoms with Crippen LogP contribution >= 0.6 is 0 Å². The summed E-state index contributed by atoms with van der Waals surface area (Å²) in [6.45, 7) is 8.08. The zero-order valence-corrected chi connectivity index (χ0v) is 9.84. The lowest BCUT2D eigenvalue weighted by Gasteiger charge is -2.21. The Morgan fingerprint density at radius 2 is 1.71 bits per heavy atom. The van der Waals surface area contributed by atoms with E-state index < -0.39 is 0 Å². The summed E-state index contributed by atoms with van der Waals surface area (Å²) in [5.41, 5.74) is 0. The molecule has 0 spiro atoms. The predicted octanol–water partition coefficient (Wildman–Crippen LogP) is 3.92. The molecule has 1 atom stereocenters. The van der Waals surface area contributed by atoms with Gasteiger partial charge >= 0.3 is 0 Å². The molecule has 0 aromatic rings. The molecule has 1 nitrogen and oxygen atoms in total. The van der Waals surface area contributed by atoms with E-state index in [-0.39, 0.29) is 6.10 Å². The first-order valence-corrected chi connectivity index (χ1v) is 6.05. The second-order valence-electron chi connectivity index (χ2n) is 4.12. The van der Waals surface area contributed by atoms with Crippen molar-refractivity contribution in [2.75, 3.05) is 0 Å². The average Bonchev–Trinajstić information content (AvgIpc) is 2.18. The lowest BCUT2D eigenvalue weighted by Crippen LogP contribution is -2.20. The maximum Gasteiger partial charge on any atom is 0.0568 e. The summed E-state index contributed by atoms with van der Waals surface area (Å²) in [5.74, 6) is 0.523.